The van der Waals surface area contributed by atoms with Crippen molar-refractivity contribution in [2.24, 2.45) is 0 Å². The molecule has 0 saturated heterocycles. The van der Waals surface area contributed by atoms with Crippen LogP contribution in [0.5, 0.6) is 5.75 Å². The van der Waals surface area contributed by atoms with Crippen LogP contribution in [0.4, 0.5) is 0 Å². The number of fused-ring (bicyclic) bond motifs is 1. The number of halogens is 2. The Morgan fingerprint density at radius 3 is 2.08 bits per heavy atom. The Bertz CT molecular complexity index is 988. The van der Waals surface area contributed by atoms with Gasteiger partial charge in [-0.3, -0.25) is 0 Å². The van der Waals surface area contributed by atoms with E-state index < -0.39 is 0 Å². The van der Waals surface area contributed by atoms with E-state index >= 15 is 0 Å². The second-order valence-corrected chi connectivity index (χ2v) is 7.70. The highest BCUT2D eigenvalue weighted by molar-refractivity contribution is 6.30. The summed E-state index contributed by atoms with van der Waals surface area (Å²) in [5.74, 6) is 1.70. The molecule has 0 radical (unpaired) electrons. The molecule has 4 rings (SSSR count). The summed E-state index contributed by atoms with van der Waals surface area (Å²) < 4.78 is 6.25. The second kappa shape index (κ2) is 6.50. The van der Waals surface area contributed by atoms with E-state index in [-0.39, 0.29) is 5.41 Å². The molecule has 0 amide bonds. The summed E-state index contributed by atoms with van der Waals surface area (Å²) >= 11 is 12.2. The quantitative estimate of drug-likeness (QED) is 0.463. The summed E-state index contributed by atoms with van der Waals surface area (Å²) in [7, 11) is 0. The lowest BCUT2D eigenvalue weighted by atomic mass is 9.73. The van der Waals surface area contributed by atoms with Gasteiger partial charge in [-0.1, -0.05) is 53.0 Å². The van der Waals surface area contributed by atoms with Gasteiger partial charge in [0.05, 0.1) is 0 Å². The van der Waals surface area contributed by atoms with E-state index in [0.717, 1.165) is 27.7 Å². The number of ether oxygens (including phenoxy) is 1. The zero-order valence-corrected chi connectivity index (χ0v) is 16.1. The van der Waals surface area contributed by atoms with Gasteiger partial charge in [0.1, 0.15) is 11.5 Å². The van der Waals surface area contributed by atoms with Gasteiger partial charge in [0.25, 0.3) is 0 Å². The van der Waals surface area contributed by atoms with Gasteiger partial charge in [-0.25, -0.2) is 0 Å². The minimum Gasteiger partial charge on any atom is -0.457 e. The predicted molar refractivity (Wildman–Crippen MR) is 109 cm³/mol. The van der Waals surface area contributed by atoms with E-state index in [4.69, 9.17) is 27.9 Å². The van der Waals surface area contributed by atoms with Gasteiger partial charge in [-0.2, -0.15) is 0 Å². The van der Waals surface area contributed by atoms with Crippen LogP contribution in [0.15, 0.2) is 72.8 Å². The summed E-state index contributed by atoms with van der Waals surface area (Å²) in [5.41, 5.74) is 4.21. The molecule has 3 heteroatoms. The average molecular weight is 381 g/mol. The maximum atomic E-state index is 6.25. The van der Waals surface area contributed by atoms with Crippen LogP contribution in [0.3, 0.4) is 0 Å². The van der Waals surface area contributed by atoms with Crippen molar-refractivity contribution in [3.63, 3.8) is 0 Å². The van der Waals surface area contributed by atoms with Crippen molar-refractivity contribution in [1.82, 2.24) is 0 Å². The lowest BCUT2D eigenvalue weighted by molar-refractivity contribution is 0.469. The third-order valence-corrected chi connectivity index (χ3v) is 5.41. The fraction of sp³-hybridized carbons (Fsp3) is 0.130. The van der Waals surface area contributed by atoms with Gasteiger partial charge in [0.2, 0.25) is 0 Å². The smallest absolute Gasteiger partial charge is 0.131 e. The third kappa shape index (κ3) is 3.02. The van der Waals surface area contributed by atoms with Crippen molar-refractivity contribution in [1.29, 1.82) is 0 Å². The second-order valence-electron chi connectivity index (χ2n) is 6.83. The first kappa shape index (κ1) is 17.2. The van der Waals surface area contributed by atoms with E-state index in [9.17, 15) is 0 Å². The molecule has 1 nitrogen and oxygen atoms in total. The molecule has 0 spiro atoms. The monoisotopic (exact) mass is 380 g/mol. The molecule has 1 unspecified atom stereocenters. The Morgan fingerprint density at radius 1 is 0.808 bits per heavy atom. The lowest BCUT2D eigenvalue weighted by Gasteiger charge is -2.35. The number of hydrogen-bond acceptors (Lipinski definition) is 1. The summed E-state index contributed by atoms with van der Waals surface area (Å²) in [6.07, 6.45) is 2.18. The number of aryl methyl sites for hydroxylation is 1. The molecule has 1 heterocycles. The van der Waals surface area contributed by atoms with Crippen LogP contribution >= 0.6 is 23.2 Å². The molecule has 26 heavy (non-hydrogen) atoms. The highest BCUT2D eigenvalue weighted by Crippen LogP contribution is 2.45. The van der Waals surface area contributed by atoms with Crippen LogP contribution in [0.1, 0.15) is 29.2 Å². The zero-order chi connectivity index (χ0) is 18.3. The normalized spacial score (nSPS) is 18.7. The van der Waals surface area contributed by atoms with Crippen LogP contribution in [-0.4, -0.2) is 0 Å². The highest BCUT2D eigenvalue weighted by Gasteiger charge is 2.35. The molecule has 1 atom stereocenters. The van der Waals surface area contributed by atoms with E-state index in [1.54, 1.807) is 0 Å². The van der Waals surface area contributed by atoms with Crippen molar-refractivity contribution in [3.05, 3.63) is 105 Å². The van der Waals surface area contributed by atoms with Gasteiger partial charge in [0, 0.05) is 26.6 Å². The molecule has 0 saturated carbocycles. The minimum absolute atomic E-state index is 0.320. The molecule has 0 aromatic heterocycles. The van der Waals surface area contributed by atoms with E-state index in [1.807, 2.05) is 42.5 Å². The highest BCUT2D eigenvalue weighted by atomic mass is 35.5. The Labute approximate surface area is 163 Å². The maximum absolute atomic E-state index is 6.25. The van der Waals surface area contributed by atoms with Gasteiger partial charge < -0.3 is 4.74 Å². The number of rotatable bonds is 2. The largest absolute Gasteiger partial charge is 0.457 e. The number of allylic oxidation sites excluding steroid dienone is 1. The number of benzene rings is 3. The fourth-order valence-corrected chi connectivity index (χ4v) is 3.67. The molecule has 3 aromatic rings. The Morgan fingerprint density at radius 2 is 1.42 bits per heavy atom. The van der Waals surface area contributed by atoms with Crippen LogP contribution in [0.2, 0.25) is 10.0 Å². The van der Waals surface area contributed by atoms with Gasteiger partial charge in [0.15, 0.2) is 0 Å². The fourth-order valence-electron chi connectivity index (χ4n) is 3.42. The summed E-state index contributed by atoms with van der Waals surface area (Å²) in [5, 5.41) is 1.44. The Hall–Kier alpha value is -2.22. The van der Waals surface area contributed by atoms with E-state index in [2.05, 4.69) is 44.2 Å². The van der Waals surface area contributed by atoms with Crippen molar-refractivity contribution >= 4 is 29.0 Å². The Kier molecular flexibility index (Phi) is 4.30. The summed E-state index contributed by atoms with van der Waals surface area (Å²) in [6, 6.07) is 22.1. The van der Waals surface area contributed by atoms with Crippen molar-refractivity contribution in [3.8, 4) is 5.75 Å². The molecule has 1 aliphatic rings. The van der Waals surface area contributed by atoms with Crippen molar-refractivity contribution in [2.45, 2.75) is 19.3 Å². The average Bonchev–Trinajstić information content (AvgIpc) is 2.63. The SMILES string of the molecule is Cc1ccc2c(c1)C(C)(c1ccc(Cl)cc1)C=C(c1ccc(Cl)cc1)O2. The van der Waals surface area contributed by atoms with Gasteiger partial charge in [-0.15, -0.1) is 0 Å². The molecule has 0 bridgehead atoms. The minimum atomic E-state index is -0.320. The number of hydrogen-bond donors (Lipinski definition) is 0. The molecule has 1 aliphatic heterocycles. The first-order valence-corrected chi connectivity index (χ1v) is 9.25. The van der Waals surface area contributed by atoms with Gasteiger partial charge in [-0.05, 0) is 68.0 Å². The molecule has 0 aliphatic carbocycles. The molecular formula is C23H18Cl2O. The van der Waals surface area contributed by atoms with Crippen molar-refractivity contribution < 1.29 is 4.74 Å². The molecule has 130 valence electrons. The maximum Gasteiger partial charge on any atom is 0.131 e. The van der Waals surface area contributed by atoms with E-state index in [1.165, 1.54) is 11.1 Å². The molecule has 0 N–H and O–H groups in total. The first-order valence-electron chi connectivity index (χ1n) is 8.49. The van der Waals surface area contributed by atoms with E-state index in [0.29, 0.717) is 5.02 Å². The van der Waals surface area contributed by atoms with Crippen LogP contribution < -0.4 is 4.74 Å². The summed E-state index contributed by atoms with van der Waals surface area (Å²) in [4.78, 5) is 0. The Balaban J connectivity index is 1.92. The van der Waals surface area contributed by atoms with Crippen molar-refractivity contribution in [2.75, 3.05) is 0 Å². The van der Waals surface area contributed by atoms with Crippen LogP contribution in [-0.2, 0) is 5.41 Å². The van der Waals surface area contributed by atoms with Crippen LogP contribution in [0.25, 0.3) is 5.76 Å². The third-order valence-electron chi connectivity index (χ3n) is 4.91. The van der Waals surface area contributed by atoms with Crippen LogP contribution in [0, 0.1) is 6.92 Å². The van der Waals surface area contributed by atoms with Gasteiger partial charge >= 0.3 is 0 Å². The topological polar surface area (TPSA) is 9.23 Å². The first-order chi connectivity index (χ1) is 12.5. The molecular weight excluding hydrogens is 363 g/mol. The summed E-state index contributed by atoms with van der Waals surface area (Å²) in [6.45, 7) is 4.31. The standard InChI is InChI=1S/C23H18Cl2O/c1-15-3-12-21-20(13-15)23(2,17-6-10-19(25)11-7-17)14-22(26-21)16-4-8-18(24)9-5-16/h3-14H,1-2H3. The predicted octanol–water partition coefficient (Wildman–Crippen LogP) is 7.04. The molecule has 0 fully saturated rings. The zero-order valence-electron chi connectivity index (χ0n) is 14.6. The molecule has 3 aromatic carbocycles. The lowest BCUT2D eigenvalue weighted by Crippen LogP contribution is -2.26.